The number of carbonyl (C=O) groups is 2. The first-order valence-corrected chi connectivity index (χ1v) is 7.86. The Morgan fingerprint density at radius 3 is 2.29 bits per heavy atom. The Balaban J connectivity index is 2.82. The molecule has 0 fully saturated rings. The van der Waals surface area contributed by atoms with E-state index in [4.69, 9.17) is 14.2 Å². The van der Waals surface area contributed by atoms with E-state index in [1.54, 1.807) is 33.1 Å². The molecular formula is C19H24O5. The zero-order valence-electron chi connectivity index (χ0n) is 15.3. The summed E-state index contributed by atoms with van der Waals surface area (Å²) < 4.78 is 16.5. The van der Waals surface area contributed by atoms with Gasteiger partial charge in [-0.1, -0.05) is 6.08 Å². The molecule has 24 heavy (non-hydrogen) atoms. The lowest BCUT2D eigenvalue weighted by Gasteiger charge is -2.39. The van der Waals surface area contributed by atoms with Gasteiger partial charge in [-0.05, 0) is 51.8 Å². The molecule has 1 aromatic carbocycles. The summed E-state index contributed by atoms with van der Waals surface area (Å²) in [5.41, 5.74) is 1.73. The maximum Gasteiger partial charge on any atom is 0.321 e. The summed E-state index contributed by atoms with van der Waals surface area (Å²) in [6, 6.07) is 0. The fraction of sp³-hybridized carbons (Fsp3) is 0.474. The van der Waals surface area contributed by atoms with Crippen molar-refractivity contribution in [1.82, 2.24) is 0 Å². The van der Waals surface area contributed by atoms with Crippen LogP contribution in [-0.4, -0.2) is 31.6 Å². The van der Waals surface area contributed by atoms with E-state index in [0.717, 1.165) is 11.1 Å². The van der Waals surface area contributed by atoms with Crippen molar-refractivity contribution in [3.8, 4) is 11.5 Å². The van der Waals surface area contributed by atoms with Gasteiger partial charge in [-0.2, -0.15) is 0 Å². The number of benzene rings is 1. The van der Waals surface area contributed by atoms with Crippen molar-refractivity contribution < 1.29 is 23.8 Å². The summed E-state index contributed by atoms with van der Waals surface area (Å²) in [6.07, 6.45) is 3.50. The molecule has 2 rings (SSSR count). The van der Waals surface area contributed by atoms with Crippen LogP contribution in [0.5, 0.6) is 11.5 Å². The molecule has 2 atom stereocenters. The van der Waals surface area contributed by atoms with E-state index < -0.39 is 17.5 Å². The van der Waals surface area contributed by atoms with E-state index in [-0.39, 0.29) is 5.78 Å². The molecule has 0 amide bonds. The average molecular weight is 332 g/mol. The van der Waals surface area contributed by atoms with Crippen molar-refractivity contribution in [2.75, 3.05) is 14.2 Å². The van der Waals surface area contributed by atoms with Crippen LogP contribution in [0.2, 0.25) is 0 Å². The van der Waals surface area contributed by atoms with Crippen LogP contribution in [0.3, 0.4) is 0 Å². The van der Waals surface area contributed by atoms with Gasteiger partial charge in [-0.15, -0.1) is 0 Å². The van der Waals surface area contributed by atoms with Gasteiger partial charge in [0.05, 0.1) is 19.8 Å². The van der Waals surface area contributed by atoms with Gasteiger partial charge in [0.1, 0.15) is 17.1 Å². The number of ketones is 1. The highest BCUT2D eigenvalue weighted by Crippen LogP contribution is 2.46. The Morgan fingerprint density at radius 2 is 1.79 bits per heavy atom. The molecule has 0 aliphatic carbocycles. The Morgan fingerprint density at radius 1 is 1.17 bits per heavy atom. The van der Waals surface area contributed by atoms with E-state index in [0.29, 0.717) is 22.6 Å². The van der Waals surface area contributed by atoms with E-state index in [2.05, 4.69) is 0 Å². The van der Waals surface area contributed by atoms with Crippen molar-refractivity contribution in [2.45, 2.75) is 40.2 Å². The predicted molar refractivity (Wildman–Crippen MR) is 90.9 cm³/mol. The number of Topliss-reactive ketones (excluding diaryl/α,β-unsaturated/α-hetero) is 1. The number of esters is 1. The van der Waals surface area contributed by atoms with Crippen LogP contribution < -0.4 is 9.47 Å². The molecule has 1 heterocycles. The van der Waals surface area contributed by atoms with Crippen LogP contribution in [0, 0.1) is 26.7 Å². The van der Waals surface area contributed by atoms with E-state index in [9.17, 15) is 9.59 Å². The number of ether oxygens (including phenoxy) is 3. The van der Waals surface area contributed by atoms with Gasteiger partial charge in [0, 0.05) is 5.56 Å². The second-order valence-corrected chi connectivity index (χ2v) is 6.22. The Kier molecular flexibility index (Phi) is 4.74. The summed E-state index contributed by atoms with van der Waals surface area (Å²) >= 11 is 0. The fourth-order valence-electron chi connectivity index (χ4n) is 3.43. The molecule has 1 aliphatic heterocycles. The molecule has 1 aromatic rings. The SMILES string of the molecule is C/C=C/[C@@]1(C)Oc2c(C)c(C)c(OC)c(C)c2C(=O)C1C(=O)OC. The van der Waals surface area contributed by atoms with E-state index >= 15 is 0 Å². The molecule has 0 radical (unpaired) electrons. The lowest BCUT2D eigenvalue weighted by molar-refractivity contribution is -0.148. The third kappa shape index (κ3) is 2.48. The molecule has 5 nitrogen and oxygen atoms in total. The zero-order chi connectivity index (χ0) is 18.2. The minimum Gasteiger partial charge on any atom is -0.496 e. The highest BCUT2D eigenvalue weighted by molar-refractivity contribution is 6.13. The summed E-state index contributed by atoms with van der Waals surface area (Å²) in [4.78, 5) is 25.5. The first-order chi connectivity index (χ1) is 11.2. The lowest BCUT2D eigenvalue weighted by Crippen LogP contribution is -2.51. The number of fused-ring (bicyclic) bond motifs is 1. The zero-order valence-corrected chi connectivity index (χ0v) is 15.3. The molecule has 5 heteroatoms. The quantitative estimate of drug-likeness (QED) is 0.483. The number of allylic oxidation sites excluding steroid dienone is 1. The standard InChI is InChI=1S/C19H24O5/c1-8-9-19(5)14(18(21)23-7)15(20)13-12(4)16(22-6)10(2)11(3)17(13)24-19/h8-9,14H,1-7H3/b9-8+/t14?,19-/m1/s1. The summed E-state index contributed by atoms with van der Waals surface area (Å²) in [6.45, 7) is 9.16. The van der Waals surface area contributed by atoms with Crippen LogP contribution in [0.25, 0.3) is 0 Å². The molecule has 0 spiro atoms. The van der Waals surface area contributed by atoms with Gasteiger partial charge in [0.15, 0.2) is 11.7 Å². The molecule has 0 saturated heterocycles. The lowest BCUT2D eigenvalue weighted by atomic mass is 9.77. The summed E-state index contributed by atoms with van der Waals surface area (Å²) in [5.74, 6) is -0.819. The first kappa shape index (κ1) is 18.0. The van der Waals surface area contributed by atoms with Gasteiger partial charge >= 0.3 is 5.97 Å². The first-order valence-electron chi connectivity index (χ1n) is 7.86. The summed E-state index contributed by atoms with van der Waals surface area (Å²) in [5, 5.41) is 0. The van der Waals surface area contributed by atoms with Crippen LogP contribution in [0.1, 0.15) is 40.9 Å². The van der Waals surface area contributed by atoms with Crippen molar-refractivity contribution >= 4 is 11.8 Å². The van der Waals surface area contributed by atoms with Crippen molar-refractivity contribution in [1.29, 1.82) is 0 Å². The Labute approximate surface area is 142 Å². The van der Waals surface area contributed by atoms with E-state index in [1.807, 2.05) is 20.8 Å². The minimum atomic E-state index is -1.09. The van der Waals surface area contributed by atoms with Crippen LogP contribution >= 0.6 is 0 Å². The number of hydrogen-bond donors (Lipinski definition) is 0. The van der Waals surface area contributed by atoms with Crippen LogP contribution in [0.15, 0.2) is 12.2 Å². The molecule has 0 N–H and O–H groups in total. The topological polar surface area (TPSA) is 61.8 Å². The monoisotopic (exact) mass is 332 g/mol. The van der Waals surface area contributed by atoms with E-state index in [1.165, 1.54) is 7.11 Å². The molecule has 130 valence electrons. The number of methoxy groups -OCH3 is 2. The van der Waals surface area contributed by atoms with Crippen molar-refractivity contribution in [3.05, 3.63) is 34.4 Å². The highest BCUT2D eigenvalue weighted by atomic mass is 16.5. The maximum absolute atomic E-state index is 13.2. The third-order valence-electron chi connectivity index (χ3n) is 4.73. The molecule has 1 unspecified atom stereocenters. The maximum atomic E-state index is 13.2. The summed E-state index contributed by atoms with van der Waals surface area (Å²) in [7, 11) is 2.84. The number of rotatable bonds is 3. The molecular weight excluding hydrogens is 308 g/mol. The third-order valence-corrected chi connectivity index (χ3v) is 4.73. The van der Waals surface area contributed by atoms with Gasteiger partial charge in [-0.3, -0.25) is 9.59 Å². The van der Waals surface area contributed by atoms with Crippen molar-refractivity contribution in [2.24, 2.45) is 5.92 Å². The highest BCUT2D eigenvalue weighted by Gasteiger charge is 2.51. The average Bonchev–Trinajstić information content (AvgIpc) is 2.52. The molecule has 0 aromatic heterocycles. The van der Waals surface area contributed by atoms with Crippen molar-refractivity contribution in [3.63, 3.8) is 0 Å². The second kappa shape index (κ2) is 6.30. The van der Waals surface area contributed by atoms with Gasteiger partial charge in [0.2, 0.25) is 0 Å². The Bertz CT molecular complexity index is 732. The predicted octanol–water partition coefficient (Wildman–Crippen LogP) is 3.32. The smallest absolute Gasteiger partial charge is 0.321 e. The second-order valence-electron chi connectivity index (χ2n) is 6.22. The largest absolute Gasteiger partial charge is 0.496 e. The number of hydrogen-bond acceptors (Lipinski definition) is 5. The van der Waals surface area contributed by atoms with Gasteiger partial charge < -0.3 is 14.2 Å². The van der Waals surface area contributed by atoms with Gasteiger partial charge in [-0.25, -0.2) is 0 Å². The molecule has 1 aliphatic rings. The van der Waals surface area contributed by atoms with Gasteiger partial charge in [0.25, 0.3) is 0 Å². The normalized spacial score (nSPS) is 23.0. The van der Waals surface area contributed by atoms with Crippen LogP contribution in [-0.2, 0) is 9.53 Å². The fourth-order valence-corrected chi connectivity index (χ4v) is 3.43. The number of carbonyl (C=O) groups excluding carboxylic acids is 2. The van der Waals surface area contributed by atoms with Crippen LogP contribution in [0.4, 0.5) is 0 Å². The Hall–Kier alpha value is -2.30. The minimum absolute atomic E-state index is 0.303. The molecule has 0 saturated carbocycles. The molecule has 0 bridgehead atoms.